The Kier molecular flexibility index (Phi) is 3.82. The summed E-state index contributed by atoms with van der Waals surface area (Å²) in [5.74, 6) is 0. The smallest absolute Gasteiger partial charge is 0.0778 e. The first-order valence-corrected chi connectivity index (χ1v) is 7.36. The number of fused-ring (bicyclic) bond motifs is 1. The summed E-state index contributed by atoms with van der Waals surface area (Å²) < 4.78 is 0. The number of aromatic nitrogens is 1. The molecule has 0 fully saturated rings. The second kappa shape index (κ2) is 5.61. The van der Waals surface area contributed by atoms with E-state index in [0.717, 1.165) is 27.6 Å². The number of benzene rings is 2. The minimum atomic E-state index is 0.339. The summed E-state index contributed by atoms with van der Waals surface area (Å²) in [6.45, 7) is 0. The van der Waals surface area contributed by atoms with Gasteiger partial charge in [0.2, 0.25) is 0 Å². The second-order valence-electron chi connectivity index (χ2n) is 4.63. The maximum Gasteiger partial charge on any atom is 0.0778 e. The molecule has 0 bridgehead atoms. The maximum absolute atomic E-state index is 8.96. The van der Waals surface area contributed by atoms with E-state index in [1.807, 2.05) is 24.4 Å². The molecule has 5 heteroatoms. The Labute approximate surface area is 136 Å². The zero-order valence-corrected chi connectivity index (χ0v) is 13.0. The van der Waals surface area contributed by atoms with Crippen LogP contribution >= 0.6 is 34.8 Å². The molecule has 0 aliphatic rings. The van der Waals surface area contributed by atoms with Crippen LogP contribution in [0.1, 0.15) is 5.56 Å². The van der Waals surface area contributed by atoms with Crippen LogP contribution in [0.2, 0.25) is 15.1 Å². The predicted molar refractivity (Wildman–Crippen MR) is 88.1 cm³/mol. The largest absolute Gasteiger partial charge is 0.361 e. The number of nitrogens with zero attached hydrogens (tertiary/aromatic N) is 1. The van der Waals surface area contributed by atoms with Crippen LogP contribution in [0.5, 0.6) is 0 Å². The number of halogens is 3. The summed E-state index contributed by atoms with van der Waals surface area (Å²) in [7, 11) is 0. The first kappa shape index (κ1) is 14.3. The molecule has 3 rings (SSSR count). The van der Waals surface area contributed by atoms with Crippen molar-refractivity contribution >= 4 is 45.7 Å². The minimum absolute atomic E-state index is 0.339. The average Bonchev–Trinajstić information content (AvgIpc) is 2.88. The van der Waals surface area contributed by atoms with Crippen molar-refractivity contribution in [2.24, 2.45) is 0 Å². The van der Waals surface area contributed by atoms with Crippen molar-refractivity contribution in [2.75, 3.05) is 0 Å². The van der Waals surface area contributed by atoms with E-state index in [1.54, 1.807) is 12.1 Å². The van der Waals surface area contributed by atoms with Gasteiger partial charge in [-0.1, -0.05) is 46.9 Å². The summed E-state index contributed by atoms with van der Waals surface area (Å²) in [5, 5.41) is 11.1. The number of nitriles is 1. The van der Waals surface area contributed by atoms with Gasteiger partial charge in [-0.2, -0.15) is 5.26 Å². The molecule has 3 aromatic rings. The highest BCUT2D eigenvalue weighted by Gasteiger charge is 2.13. The number of hydrogen-bond acceptors (Lipinski definition) is 1. The van der Waals surface area contributed by atoms with Gasteiger partial charge >= 0.3 is 0 Å². The fourth-order valence-electron chi connectivity index (χ4n) is 2.43. The molecule has 1 aromatic heterocycles. The summed E-state index contributed by atoms with van der Waals surface area (Å²) in [6, 6.07) is 11.6. The standard InChI is InChI=1S/C16H9Cl3N2/c17-12-6-10(7-13(18)16(12)19)11-2-1-3-14-15(11)9(4-5-20)8-21-14/h1-3,6-8,21H,4H2. The van der Waals surface area contributed by atoms with Gasteiger partial charge in [0.1, 0.15) is 0 Å². The molecule has 0 aliphatic carbocycles. The van der Waals surface area contributed by atoms with Crippen molar-refractivity contribution in [3.8, 4) is 17.2 Å². The van der Waals surface area contributed by atoms with Crippen LogP contribution in [0.3, 0.4) is 0 Å². The number of rotatable bonds is 2. The van der Waals surface area contributed by atoms with E-state index in [1.165, 1.54) is 0 Å². The molecule has 0 saturated heterocycles. The lowest BCUT2D eigenvalue weighted by Gasteiger charge is -2.08. The van der Waals surface area contributed by atoms with Gasteiger partial charge in [-0.05, 0) is 34.9 Å². The molecule has 0 radical (unpaired) electrons. The van der Waals surface area contributed by atoms with Crippen LogP contribution in [0.4, 0.5) is 0 Å². The van der Waals surface area contributed by atoms with Crippen LogP contribution < -0.4 is 0 Å². The van der Waals surface area contributed by atoms with Gasteiger partial charge in [0.05, 0.1) is 27.6 Å². The van der Waals surface area contributed by atoms with E-state index < -0.39 is 0 Å². The Morgan fingerprint density at radius 2 is 1.81 bits per heavy atom. The molecule has 0 unspecified atom stereocenters. The minimum Gasteiger partial charge on any atom is -0.361 e. The Morgan fingerprint density at radius 3 is 2.48 bits per heavy atom. The van der Waals surface area contributed by atoms with Crippen molar-refractivity contribution in [3.63, 3.8) is 0 Å². The second-order valence-corrected chi connectivity index (χ2v) is 5.82. The molecule has 1 heterocycles. The van der Waals surface area contributed by atoms with Crippen molar-refractivity contribution in [2.45, 2.75) is 6.42 Å². The summed E-state index contributed by atoms with van der Waals surface area (Å²) >= 11 is 18.2. The molecular weight excluding hydrogens is 327 g/mol. The Bertz CT molecular complexity index is 852. The third kappa shape index (κ3) is 2.49. The zero-order valence-electron chi connectivity index (χ0n) is 10.8. The average molecular weight is 336 g/mol. The van der Waals surface area contributed by atoms with Crippen LogP contribution in [0.15, 0.2) is 36.5 Å². The molecule has 21 heavy (non-hydrogen) atoms. The maximum atomic E-state index is 8.96. The van der Waals surface area contributed by atoms with Crippen LogP contribution in [-0.4, -0.2) is 4.98 Å². The van der Waals surface area contributed by atoms with E-state index in [0.29, 0.717) is 21.5 Å². The number of aromatic amines is 1. The van der Waals surface area contributed by atoms with E-state index in [4.69, 9.17) is 40.1 Å². The molecule has 0 saturated carbocycles. The van der Waals surface area contributed by atoms with E-state index in [9.17, 15) is 0 Å². The molecule has 1 N–H and O–H groups in total. The van der Waals surface area contributed by atoms with Gasteiger partial charge in [0.25, 0.3) is 0 Å². The first-order valence-electron chi connectivity index (χ1n) is 6.22. The fraction of sp³-hybridized carbons (Fsp3) is 0.0625. The van der Waals surface area contributed by atoms with E-state index >= 15 is 0 Å². The van der Waals surface area contributed by atoms with E-state index in [-0.39, 0.29) is 0 Å². The SMILES string of the molecule is N#CCc1c[nH]c2cccc(-c3cc(Cl)c(Cl)c(Cl)c3)c12. The molecule has 0 atom stereocenters. The topological polar surface area (TPSA) is 39.6 Å². The van der Waals surface area contributed by atoms with Gasteiger partial charge in [-0.3, -0.25) is 0 Å². The van der Waals surface area contributed by atoms with Crippen LogP contribution in [-0.2, 0) is 6.42 Å². The highest BCUT2D eigenvalue weighted by atomic mass is 35.5. The van der Waals surface area contributed by atoms with Crippen LogP contribution in [0.25, 0.3) is 22.0 Å². The van der Waals surface area contributed by atoms with Gasteiger partial charge in [0, 0.05) is 17.1 Å². The Balaban J connectivity index is 2.30. The number of nitrogens with one attached hydrogen (secondary N) is 1. The normalized spacial score (nSPS) is 10.8. The number of H-pyrrole nitrogens is 1. The van der Waals surface area contributed by atoms with Crippen molar-refractivity contribution in [1.82, 2.24) is 4.98 Å². The lowest BCUT2D eigenvalue weighted by Crippen LogP contribution is -1.85. The third-order valence-electron chi connectivity index (χ3n) is 3.35. The van der Waals surface area contributed by atoms with Gasteiger partial charge in [0.15, 0.2) is 0 Å². The lowest BCUT2D eigenvalue weighted by atomic mass is 9.98. The molecule has 2 nitrogen and oxygen atoms in total. The predicted octanol–water partition coefficient (Wildman–Crippen LogP) is 5.86. The Morgan fingerprint density at radius 1 is 1.10 bits per heavy atom. The highest BCUT2D eigenvalue weighted by molar-refractivity contribution is 6.48. The molecule has 0 aliphatic heterocycles. The number of hydrogen-bond donors (Lipinski definition) is 1. The molecule has 0 amide bonds. The van der Waals surface area contributed by atoms with Crippen molar-refractivity contribution in [1.29, 1.82) is 5.26 Å². The van der Waals surface area contributed by atoms with Gasteiger partial charge in [-0.15, -0.1) is 0 Å². The Hall–Kier alpha value is -1.66. The quantitative estimate of drug-likeness (QED) is 0.585. The van der Waals surface area contributed by atoms with Gasteiger partial charge < -0.3 is 4.98 Å². The molecule has 0 spiro atoms. The van der Waals surface area contributed by atoms with E-state index in [2.05, 4.69) is 11.1 Å². The molecule has 2 aromatic carbocycles. The fourth-order valence-corrected chi connectivity index (χ4v) is 3.03. The molecular formula is C16H9Cl3N2. The summed E-state index contributed by atoms with van der Waals surface area (Å²) in [6.07, 6.45) is 2.20. The summed E-state index contributed by atoms with van der Waals surface area (Å²) in [4.78, 5) is 3.18. The zero-order chi connectivity index (χ0) is 15.0. The first-order chi connectivity index (χ1) is 10.1. The molecule has 104 valence electrons. The summed E-state index contributed by atoms with van der Waals surface area (Å²) in [5.41, 5.74) is 3.77. The highest BCUT2D eigenvalue weighted by Crippen LogP contribution is 2.38. The lowest BCUT2D eigenvalue weighted by molar-refractivity contribution is 1.28. The van der Waals surface area contributed by atoms with Gasteiger partial charge in [-0.25, -0.2) is 0 Å². The van der Waals surface area contributed by atoms with Crippen molar-refractivity contribution in [3.05, 3.63) is 57.2 Å². The monoisotopic (exact) mass is 334 g/mol. The third-order valence-corrected chi connectivity index (χ3v) is 4.55. The van der Waals surface area contributed by atoms with Crippen LogP contribution in [0, 0.1) is 11.3 Å². The van der Waals surface area contributed by atoms with Crippen molar-refractivity contribution < 1.29 is 0 Å².